The molecule has 0 spiro atoms. The van der Waals surface area contributed by atoms with Crippen molar-refractivity contribution in [3.05, 3.63) is 11.9 Å². The van der Waals surface area contributed by atoms with Crippen molar-refractivity contribution < 1.29 is 8.78 Å². The zero-order valence-electron chi connectivity index (χ0n) is 5.06. The highest BCUT2D eigenvalue weighted by Crippen LogP contribution is 2.01. The first-order valence-electron chi connectivity index (χ1n) is 2.52. The molecule has 0 aromatic carbocycles. The monoisotopic (exact) mass is 131 g/mol. The van der Waals surface area contributed by atoms with Crippen LogP contribution < -0.4 is 0 Å². The molecule has 0 N–H and O–H groups in total. The third-order valence-electron chi connectivity index (χ3n) is 0.746. The van der Waals surface area contributed by atoms with Crippen LogP contribution in [0.3, 0.4) is 0 Å². The van der Waals surface area contributed by atoms with Gasteiger partial charge in [0.2, 0.25) is 0 Å². The molecule has 0 aromatic heterocycles. The molecule has 0 saturated carbocycles. The van der Waals surface area contributed by atoms with Crippen LogP contribution in [0.5, 0.6) is 0 Å². The van der Waals surface area contributed by atoms with Crippen molar-refractivity contribution in [2.75, 3.05) is 0 Å². The summed E-state index contributed by atoms with van der Waals surface area (Å²) < 4.78 is 23.7. The molecule has 0 aromatic rings. The number of rotatable bonds is 2. The van der Waals surface area contributed by atoms with Gasteiger partial charge in [0, 0.05) is 6.42 Å². The summed E-state index contributed by atoms with van der Waals surface area (Å²) in [4.78, 5) is 0. The lowest BCUT2D eigenvalue weighted by atomic mass is 10.3. The zero-order valence-corrected chi connectivity index (χ0v) is 5.06. The van der Waals surface area contributed by atoms with E-state index in [2.05, 4.69) is 0 Å². The average molecular weight is 131 g/mol. The van der Waals surface area contributed by atoms with Gasteiger partial charge in [0.15, 0.2) is 6.17 Å². The lowest BCUT2D eigenvalue weighted by molar-refractivity contribution is 0.410. The van der Waals surface area contributed by atoms with E-state index < -0.39 is 12.0 Å². The molecule has 0 radical (unpaired) electrons. The minimum absolute atomic E-state index is 0.154. The fraction of sp³-hybridized carbons (Fsp3) is 0.500. The highest BCUT2D eigenvalue weighted by atomic mass is 19.1. The minimum atomic E-state index is -1.57. The van der Waals surface area contributed by atoms with E-state index >= 15 is 0 Å². The molecule has 0 amide bonds. The van der Waals surface area contributed by atoms with Crippen LogP contribution in [0.15, 0.2) is 11.9 Å². The van der Waals surface area contributed by atoms with Crippen molar-refractivity contribution in [3.63, 3.8) is 0 Å². The molecule has 50 valence electrons. The van der Waals surface area contributed by atoms with E-state index in [4.69, 9.17) is 5.26 Å². The predicted octanol–water partition coefficient (Wildman–Crippen LogP) is 2.11. The number of nitriles is 1. The molecule has 0 rings (SSSR count). The van der Waals surface area contributed by atoms with E-state index in [1.54, 1.807) is 0 Å². The normalized spacial score (nSPS) is 14.7. The van der Waals surface area contributed by atoms with Crippen molar-refractivity contribution in [3.8, 4) is 6.07 Å². The standard InChI is InChI=1S/C6H7F2N/c1-5(7)2-3-6(8)4-9/h2,6H,3H2,1H3/b5-2+. The maximum Gasteiger partial charge on any atom is 0.189 e. The predicted molar refractivity (Wildman–Crippen MR) is 30.0 cm³/mol. The molecule has 0 aliphatic carbocycles. The first-order chi connectivity index (χ1) is 4.16. The Kier molecular flexibility index (Phi) is 3.61. The summed E-state index contributed by atoms with van der Waals surface area (Å²) in [5, 5.41) is 7.87. The van der Waals surface area contributed by atoms with E-state index in [-0.39, 0.29) is 6.42 Å². The number of allylic oxidation sites excluding steroid dienone is 2. The Morgan fingerprint density at radius 3 is 2.78 bits per heavy atom. The summed E-state index contributed by atoms with van der Waals surface area (Å²) in [6.07, 6.45) is -0.678. The molecule has 1 atom stereocenters. The molecule has 0 heterocycles. The second-order valence-electron chi connectivity index (χ2n) is 1.62. The molecule has 3 heteroatoms. The van der Waals surface area contributed by atoms with Gasteiger partial charge in [-0.2, -0.15) is 5.26 Å². The third kappa shape index (κ3) is 4.95. The number of halogens is 2. The number of alkyl halides is 1. The smallest absolute Gasteiger partial charge is 0.189 e. The molecule has 0 aliphatic heterocycles. The fourth-order valence-electron chi connectivity index (χ4n) is 0.319. The molecule has 1 unspecified atom stereocenters. The molecular weight excluding hydrogens is 124 g/mol. The molecule has 9 heavy (non-hydrogen) atoms. The highest BCUT2D eigenvalue weighted by Gasteiger charge is 1.99. The van der Waals surface area contributed by atoms with Gasteiger partial charge in [-0.15, -0.1) is 0 Å². The lowest BCUT2D eigenvalue weighted by Gasteiger charge is -1.88. The van der Waals surface area contributed by atoms with Gasteiger partial charge < -0.3 is 0 Å². The Morgan fingerprint density at radius 2 is 2.44 bits per heavy atom. The average Bonchev–Trinajstić information content (AvgIpc) is 1.83. The molecule has 0 saturated heterocycles. The van der Waals surface area contributed by atoms with Crippen LogP contribution in [-0.2, 0) is 0 Å². The van der Waals surface area contributed by atoms with Crippen molar-refractivity contribution in [1.82, 2.24) is 0 Å². The first-order valence-corrected chi connectivity index (χ1v) is 2.52. The van der Waals surface area contributed by atoms with Gasteiger partial charge in [-0.25, -0.2) is 8.78 Å². The van der Waals surface area contributed by atoms with Crippen LogP contribution in [-0.4, -0.2) is 6.17 Å². The van der Waals surface area contributed by atoms with Gasteiger partial charge in [0.1, 0.15) is 6.07 Å². The Hall–Kier alpha value is -0.910. The quantitative estimate of drug-likeness (QED) is 0.563. The number of hydrogen-bond donors (Lipinski definition) is 0. The van der Waals surface area contributed by atoms with Crippen molar-refractivity contribution in [1.29, 1.82) is 5.26 Å². The number of nitrogens with zero attached hydrogens (tertiary/aromatic N) is 1. The Labute approximate surface area is 52.6 Å². The van der Waals surface area contributed by atoms with Crippen LogP contribution in [0.25, 0.3) is 0 Å². The van der Waals surface area contributed by atoms with Crippen LogP contribution in [0.4, 0.5) is 8.78 Å². The summed E-state index contributed by atoms with van der Waals surface area (Å²) in [6.45, 7) is 1.21. The zero-order chi connectivity index (χ0) is 7.28. The van der Waals surface area contributed by atoms with Crippen LogP contribution in [0.1, 0.15) is 13.3 Å². The van der Waals surface area contributed by atoms with Crippen LogP contribution in [0.2, 0.25) is 0 Å². The summed E-state index contributed by atoms with van der Waals surface area (Å²) in [5.41, 5.74) is 0. The van der Waals surface area contributed by atoms with Crippen molar-refractivity contribution in [2.24, 2.45) is 0 Å². The molecule has 0 aliphatic rings. The van der Waals surface area contributed by atoms with E-state index in [1.807, 2.05) is 0 Å². The summed E-state index contributed by atoms with van der Waals surface area (Å²) in [5.74, 6) is -0.451. The van der Waals surface area contributed by atoms with Crippen LogP contribution in [0, 0.1) is 11.3 Å². The maximum absolute atomic E-state index is 11.9. The lowest BCUT2D eigenvalue weighted by Crippen LogP contribution is -1.91. The minimum Gasteiger partial charge on any atom is -0.231 e. The largest absolute Gasteiger partial charge is 0.231 e. The Bertz CT molecular complexity index is 142. The number of hydrogen-bond acceptors (Lipinski definition) is 1. The third-order valence-corrected chi connectivity index (χ3v) is 0.746. The topological polar surface area (TPSA) is 23.8 Å². The van der Waals surface area contributed by atoms with E-state index in [0.717, 1.165) is 6.08 Å². The van der Waals surface area contributed by atoms with Crippen molar-refractivity contribution >= 4 is 0 Å². The Morgan fingerprint density at radius 1 is 1.89 bits per heavy atom. The van der Waals surface area contributed by atoms with Gasteiger partial charge in [-0.1, -0.05) is 0 Å². The molecular formula is C6H7F2N. The summed E-state index contributed by atoms with van der Waals surface area (Å²) in [7, 11) is 0. The first kappa shape index (κ1) is 8.09. The fourth-order valence-corrected chi connectivity index (χ4v) is 0.319. The SMILES string of the molecule is C/C(F)=C\CC(F)C#N. The summed E-state index contributed by atoms with van der Waals surface area (Å²) >= 11 is 0. The van der Waals surface area contributed by atoms with Crippen molar-refractivity contribution in [2.45, 2.75) is 19.5 Å². The van der Waals surface area contributed by atoms with Gasteiger partial charge in [0.05, 0.1) is 5.83 Å². The van der Waals surface area contributed by atoms with Gasteiger partial charge in [-0.3, -0.25) is 0 Å². The second kappa shape index (κ2) is 4.02. The van der Waals surface area contributed by atoms with E-state index in [0.29, 0.717) is 0 Å². The second-order valence-corrected chi connectivity index (χ2v) is 1.62. The maximum atomic E-state index is 11.9. The molecule has 0 bridgehead atoms. The highest BCUT2D eigenvalue weighted by molar-refractivity contribution is 4.94. The summed E-state index contributed by atoms with van der Waals surface area (Å²) in [6, 6.07) is 1.34. The molecule has 1 nitrogen and oxygen atoms in total. The van der Waals surface area contributed by atoms with Gasteiger partial charge in [-0.05, 0) is 13.0 Å². The Balaban J connectivity index is 3.53. The van der Waals surface area contributed by atoms with E-state index in [9.17, 15) is 8.78 Å². The van der Waals surface area contributed by atoms with Gasteiger partial charge in [0.25, 0.3) is 0 Å². The van der Waals surface area contributed by atoms with Gasteiger partial charge >= 0.3 is 0 Å². The van der Waals surface area contributed by atoms with E-state index in [1.165, 1.54) is 13.0 Å². The molecule has 0 fully saturated rings. The van der Waals surface area contributed by atoms with Crippen LogP contribution >= 0.6 is 0 Å².